The van der Waals surface area contributed by atoms with Gasteiger partial charge in [-0.05, 0) is 64.9 Å². The van der Waals surface area contributed by atoms with E-state index in [1.807, 2.05) is 13.0 Å². The van der Waals surface area contributed by atoms with Gasteiger partial charge in [-0.1, -0.05) is 35.0 Å². The number of terminal acetylenes is 1. The fraction of sp³-hybridized carbons (Fsp3) is 0.524. The number of hydrogen-bond donors (Lipinski definition) is 1. The number of thioether (sulfide) groups is 1. The fourth-order valence-electron chi connectivity index (χ4n) is 2.92. The summed E-state index contributed by atoms with van der Waals surface area (Å²) in [4.78, 5) is 19.0. The Balaban J connectivity index is 0.00000122. The summed E-state index contributed by atoms with van der Waals surface area (Å²) < 4.78 is 0. The van der Waals surface area contributed by atoms with Crippen LogP contribution in [0.4, 0.5) is 0 Å². The van der Waals surface area contributed by atoms with Crippen LogP contribution in [-0.4, -0.2) is 54.3 Å². The summed E-state index contributed by atoms with van der Waals surface area (Å²) in [5.41, 5.74) is 0.818. The summed E-state index contributed by atoms with van der Waals surface area (Å²) >= 11 is 13.6. The maximum absolute atomic E-state index is 12.1. The second-order valence-corrected chi connectivity index (χ2v) is 8.20. The molecule has 1 aliphatic rings. The number of hydrogen-bond acceptors (Lipinski definition) is 4. The molecular formula is C21H29Cl2N3OS. The van der Waals surface area contributed by atoms with Crippen LogP contribution in [0.25, 0.3) is 0 Å². The Morgan fingerprint density at radius 1 is 1.46 bits per heavy atom. The van der Waals surface area contributed by atoms with E-state index in [-0.39, 0.29) is 5.91 Å². The molecule has 1 N–H and O–H groups in total. The lowest BCUT2D eigenvalue weighted by atomic mass is 10.1. The third-order valence-corrected chi connectivity index (χ3v) is 5.85. The number of amides is 1. The third kappa shape index (κ3) is 8.87. The van der Waals surface area contributed by atoms with Gasteiger partial charge < -0.3 is 10.2 Å². The summed E-state index contributed by atoms with van der Waals surface area (Å²) in [5, 5.41) is 4.92. The lowest BCUT2D eigenvalue weighted by Crippen LogP contribution is -2.32. The summed E-state index contributed by atoms with van der Waals surface area (Å²) in [5.74, 6) is 2.61. The molecule has 0 saturated carbocycles. The van der Waals surface area contributed by atoms with Crippen LogP contribution in [0.15, 0.2) is 23.2 Å². The van der Waals surface area contributed by atoms with Gasteiger partial charge in [-0.25, -0.2) is 0 Å². The lowest BCUT2D eigenvalue weighted by molar-refractivity contribution is -0.118. The second kappa shape index (κ2) is 13.9. The van der Waals surface area contributed by atoms with Gasteiger partial charge in [0.05, 0.1) is 15.8 Å². The predicted molar refractivity (Wildman–Crippen MR) is 124 cm³/mol. The number of carbonyl (C=O) groups excluding carboxylic acids is 1. The predicted octanol–water partition coefficient (Wildman–Crippen LogP) is 4.73. The molecule has 154 valence electrons. The number of halogens is 2. The molecule has 0 aliphatic carbocycles. The van der Waals surface area contributed by atoms with Gasteiger partial charge in [0.2, 0.25) is 5.91 Å². The highest BCUT2D eigenvalue weighted by Gasteiger charge is 2.20. The molecule has 1 atom stereocenters. The van der Waals surface area contributed by atoms with Crippen LogP contribution in [0.5, 0.6) is 0 Å². The number of likely N-dealkylation sites (tertiary alicyclic amines) is 1. The molecule has 1 amide bonds. The summed E-state index contributed by atoms with van der Waals surface area (Å²) in [7, 11) is 2.15. The van der Waals surface area contributed by atoms with Gasteiger partial charge in [0.25, 0.3) is 0 Å². The van der Waals surface area contributed by atoms with Crippen LogP contribution < -0.4 is 5.32 Å². The maximum Gasteiger partial charge on any atom is 0.230 e. The van der Waals surface area contributed by atoms with Crippen LogP contribution >= 0.6 is 35.0 Å². The van der Waals surface area contributed by atoms with E-state index in [1.54, 1.807) is 19.1 Å². The van der Waals surface area contributed by atoms with Gasteiger partial charge in [0, 0.05) is 29.7 Å². The first-order valence-corrected chi connectivity index (χ1v) is 11.1. The topological polar surface area (TPSA) is 44.7 Å². The number of aliphatic imine (C=N–C) groups is 1. The van der Waals surface area contributed by atoms with Gasteiger partial charge in [-0.3, -0.25) is 9.79 Å². The van der Waals surface area contributed by atoms with E-state index < -0.39 is 0 Å². The smallest absolute Gasteiger partial charge is 0.230 e. The zero-order valence-corrected chi connectivity index (χ0v) is 19.1. The van der Waals surface area contributed by atoms with E-state index in [0.717, 1.165) is 30.1 Å². The van der Waals surface area contributed by atoms with Crippen molar-refractivity contribution in [3.8, 4) is 12.3 Å². The van der Waals surface area contributed by atoms with E-state index in [2.05, 4.69) is 34.6 Å². The molecular weight excluding hydrogens is 413 g/mol. The van der Waals surface area contributed by atoms with Gasteiger partial charge in [-0.2, -0.15) is 0 Å². The van der Waals surface area contributed by atoms with Gasteiger partial charge in [-0.15, -0.1) is 12.3 Å². The van der Waals surface area contributed by atoms with Crippen molar-refractivity contribution in [3.05, 3.63) is 33.8 Å². The Morgan fingerprint density at radius 2 is 2.18 bits per heavy atom. The average molecular weight is 442 g/mol. The first-order chi connectivity index (χ1) is 13.4. The molecule has 2 rings (SSSR count). The lowest BCUT2D eigenvalue weighted by Gasteiger charge is -2.19. The maximum atomic E-state index is 12.1. The summed E-state index contributed by atoms with van der Waals surface area (Å²) in [6.45, 7) is 6.13. The van der Waals surface area contributed by atoms with Crippen molar-refractivity contribution < 1.29 is 4.79 Å². The van der Waals surface area contributed by atoms with Crippen LogP contribution in [0.3, 0.4) is 0 Å². The zero-order valence-electron chi connectivity index (χ0n) is 16.8. The Hall–Kier alpha value is -1.19. The van der Waals surface area contributed by atoms with Crippen molar-refractivity contribution >= 4 is 45.9 Å². The van der Waals surface area contributed by atoms with Crippen molar-refractivity contribution in [2.45, 2.75) is 39.2 Å². The Labute approximate surface area is 183 Å². The van der Waals surface area contributed by atoms with Gasteiger partial charge in [0.1, 0.15) is 0 Å². The first kappa shape index (κ1) is 24.8. The summed E-state index contributed by atoms with van der Waals surface area (Å²) in [6.07, 6.45) is 8.08. The highest BCUT2D eigenvalue weighted by atomic mass is 35.5. The number of carbonyl (C=O) groups is 1. The SMILES string of the molecule is C#CC.CCN=C(SCC(=O)NCCC1CCCN1C)c1ccc(Cl)cc1Cl. The molecule has 1 aliphatic heterocycles. The third-order valence-electron chi connectivity index (χ3n) is 4.27. The van der Waals surface area contributed by atoms with E-state index >= 15 is 0 Å². The molecule has 1 heterocycles. The molecule has 0 radical (unpaired) electrons. The number of rotatable bonds is 7. The molecule has 0 aromatic heterocycles. The highest BCUT2D eigenvalue weighted by molar-refractivity contribution is 8.15. The van der Waals surface area contributed by atoms with Gasteiger partial charge in [0.15, 0.2) is 0 Å². The van der Waals surface area contributed by atoms with Crippen molar-refractivity contribution in [1.82, 2.24) is 10.2 Å². The van der Waals surface area contributed by atoms with Crippen LogP contribution in [-0.2, 0) is 4.79 Å². The molecule has 7 heteroatoms. The minimum absolute atomic E-state index is 0.0274. The van der Waals surface area contributed by atoms with E-state index in [4.69, 9.17) is 23.2 Å². The van der Waals surface area contributed by atoms with Crippen molar-refractivity contribution in [1.29, 1.82) is 0 Å². The van der Waals surface area contributed by atoms with E-state index in [9.17, 15) is 4.79 Å². The molecule has 1 fully saturated rings. The standard InChI is InChI=1S/C18H25Cl2N3OS.C3H4/c1-3-21-18(15-7-6-13(19)11-16(15)20)25-12-17(24)22-9-8-14-5-4-10-23(14)2;1-3-2/h6-7,11,14H,3-5,8-10,12H2,1-2H3,(H,22,24);1H,2H3. The molecule has 1 aromatic carbocycles. The molecule has 0 bridgehead atoms. The molecule has 28 heavy (non-hydrogen) atoms. The Kier molecular flexibility index (Phi) is 12.3. The van der Waals surface area contributed by atoms with Crippen molar-refractivity contribution in [3.63, 3.8) is 0 Å². The zero-order chi connectivity index (χ0) is 20.9. The first-order valence-electron chi connectivity index (χ1n) is 9.39. The normalized spacial score (nSPS) is 16.9. The number of nitrogens with one attached hydrogen (secondary N) is 1. The van der Waals surface area contributed by atoms with Crippen LogP contribution in [0.1, 0.15) is 38.7 Å². The minimum Gasteiger partial charge on any atom is -0.355 e. The second-order valence-electron chi connectivity index (χ2n) is 6.40. The Morgan fingerprint density at radius 3 is 2.75 bits per heavy atom. The average Bonchev–Trinajstić information content (AvgIpc) is 3.05. The molecule has 1 aromatic rings. The van der Waals surface area contributed by atoms with Gasteiger partial charge >= 0.3 is 0 Å². The quantitative estimate of drug-likeness (QED) is 0.377. The Bertz CT molecular complexity index is 703. The minimum atomic E-state index is 0.0274. The fourth-order valence-corrected chi connectivity index (χ4v) is 4.40. The van der Waals surface area contributed by atoms with E-state index in [1.165, 1.54) is 24.6 Å². The monoisotopic (exact) mass is 441 g/mol. The molecule has 0 spiro atoms. The van der Waals surface area contributed by atoms with Crippen molar-refractivity contribution in [2.24, 2.45) is 4.99 Å². The molecule has 1 unspecified atom stereocenters. The largest absolute Gasteiger partial charge is 0.355 e. The van der Waals surface area contributed by atoms with Crippen LogP contribution in [0.2, 0.25) is 10.0 Å². The van der Waals surface area contributed by atoms with Crippen molar-refractivity contribution in [2.75, 3.05) is 32.4 Å². The number of nitrogens with zero attached hydrogens (tertiary/aromatic N) is 2. The number of benzene rings is 1. The summed E-state index contributed by atoms with van der Waals surface area (Å²) in [6, 6.07) is 5.92. The van der Waals surface area contributed by atoms with E-state index in [0.29, 0.717) is 28.4 Å². The molecule has 4 nitrogen and oxygen atoms in total. The molecule has 1 saturated heterocycles. The van der Waals surface area contributed by atoms with Crippen LogP contribution in [0, 0.1) is 12.3 Å². The highest BCUT2D eigenvalue weighted by Crippen LogP contribution is 2.25.